The first kappa shape index (κ1) is 15.0. The Morgan fingerprint density at radius 3 is 2.67 bits per heavy atom. The summed E-state index contributed by atoms with van der Waals surface area (Å²) in [5.41, 5.74) is 3.45. The molecule has 1 aromatic carbocycles. The van der Waals surface area contributed by atoms with E-state index in [1.165, 1.54) is 0 Å². The molecule has 0 atom stereocenters. The number of benzene rings is 1. The Morgan fingerprint density at radius 2 is 2.00 bits per heavy atom. The van der Waals surface area contributed by atoms with Crippen LogP contribution in [0.15, 0.2) is 36.7 Å². The lowest BCUT2D eigenvalue weighted by Gasteiger charge is -2.07. The van der Waals surface area contributed by atoms with Crippen LogP contribution in [0.5, 0.6) is 0 Å². The van der Waals surface area contributed by atoms with E-state index in [1.54, 1.807) is 0 Å². The molecule has 0 aliphatic heterocycles. The smallest absolute Gasteiger partial charge is 0.237 e. The molecule has 108 valence electrons. The van der Waals surface area contributed by atoms with Crippen LogP contribution in [-0.2, 0) is 24.3 Å². The maximum absolute atomic E-state index is 12.3. The van der Waals surface area contributed by atoms with Gasteiger partial charge >= 0.3 is 0 Å². The molecule has 1 heterocycles. The number of Topliss-reactive ketones (excluding diaryl/α,β-unsaturated/α-hetero) is 1. The third-order valence-electron chi connectivity index (χ3n) is 3.64. The number of aryl methyl sites for hydroxylation is 2. The summed E-state index contributed by atoms with van der Waals surface area (Å²) in [5, 5.41) is 0. The van der Waals surface area contributed by atoms with Crippen molar-refractivity contribution in [2.45, 2.75) is 33.4 Å². The molecule has 0 bridgehead atoms. The van der Waals surface area contributed by atoms with Crippen LogP contribution in [-0.4, -0.2) is 17.0 Å². The molecule has 2 aromatic rings. The van der Waals surface area contributed by atoms with Crippen molar-refractivity contribution in [3.05, 3.63) is 64.8 Å². The number of hydrogen-bond acceptors (Lipinski definition) is 1. The second kappa shape index (κ2) is 6.85. The van der Waals surface area contributed by atoms with Gasteiger partial charge in [0.15, 0.2) is 6.20 Å². The summed E-state index contributed by atoms with van der Waals surface area (Å²) < 4.78 is 3.79. The largest absolute Gasteiger partial charge is 0.315 e. The molecule has 0 saturated carbocycles. The number of carbonyl (C=O) groups excluding carboxylic acids is 1. The van der Waals surface area contributed by atoms with Crippen LogP contribution >= 0.6 is 0 Å². The van der Waals surface area contributed by atoms with Gasteiger partial charge in [0.2, 0.25) is 18.9 Å². The molecule has 0 saturated heterocycles. The van der Waals surface area contributed by atoms with Crippen LogP contribution in [0.3, 0.4) is 0 Å². The zero-order valence-corrected chi connectivity index (χ0v) is 12.5. The first-order valence-corrected chi connectivity index (χ1v) is 7.06. The second-order valence-electron chi connectivity index (χ2n) is 5.22. The number of ketones is 1. The van der Waals surface area contributed by atoms with E-state index < -0.39 is 0 Å². The monoisotopic (exact) mass is 282 g/mol. The highest BCUT2D eigenvalue weighted by atomic mass is 16.1. The fourth-order valence-corrected chi connectivity index (χ4v) is 2.47. The molecular weight excluding hydrogens is 262 g/mol. The summed E-state index contributed by atoms with van der Waals surface area (Å²) >= 11 is 0. The lowest BCUT2D eigenvalue weighted by molar-refractivity contribution is -0.764. The molecule has 0 spiro atoms. The van der Waals surface area contributed by atoms with E-state index in [4.69, 9.17) is 6.57 Å². The van der Waals surface area contributed by atoms with E-state index in [2.05, 4.69) is 4.85 Å². The maximum atomic E-state index is 12.3. The number of carbonyl (C=O) groups is 1. The number of nitrogens with zero attached hydrogens (tertiary/aromatic N) is 3. The first-order valence-electron chi connectivity index (χ1n) is 7.06. The summed E-state index contributed by atoms with van der Waals surface area (Å²) in [6.45, 7) is 12.3. The van der Waals surface area contributed by atoms with Crippen molar-refractivity contribution < 1.29 is 9.48 Å². The molecular formula is C17H20N3O+. The summed E-state index contributed by atoms with van der Waals surface area (Å²) in [7, 11) is 0. The average Bonchev–Trinajstić information content (AvgIpc) is 2.88. The topological polar surface area (TPSA) is 30.2 Å². The predicted molar refractivity (Wildman–Crippen MR) is 80.7 cm³/mol. The molecule has 0 radical (unpaired) electrons. The Labute approximate surface area is 125 Å². The van der Waals surface area contributed by atoms with Crippen LogP contribution in [0.1, 0.15) is 16.7 Å². The van der Waals surface area contributed by atoms with Crippen LogP contribution in [0.2, 0.25) is 0 Å². The minimum atomic E-state index is 0.181. The molecule has 0 aliphatic carbocycles. The quantitative estimate of drug-likeness (QED) is 0.589. The highest BCUT2D eigenvalue weighted by Gasteiger charge is 2.16. The molecule has 0 N–H and O–H groups in total. The van der Waals surface area contributed by atoms with Gasteiger partial charge in [-0.05, 0) is 30.5 Å². The van der Waals surface area contributed by atoms with Gasteiger partial charge in [-0.15, -0.1) is 4.68 Å². The Hall–Kier alpha value is -2.41. The van der Waals surface area contributed by atoms with Gasteiger partial charge in [0.1, 0.15) is 6.54 Å². The van der Waals surface area contributed by atoms with Crippen molar-refractivity contribution in [3.8, 4) is 0 Å². The fraction of sp³-hybridized carbons (Fsp3) is 0.353. The predicted octanol–water partition coefficient (Wildman–Crippen LogP) is 2.12. The molecule has 4 heteroatoms. The third-order valence-corrected chi connectivity index (χ3v) is 3.64. The molecule has 2 rings (SSSR count). The van der Waals surface area contributed by atoms with Crippen molar-refractivity contribution in [2.75, 3.05) is 6.54 Å². The van der Waals surface area contributed by atoms with Crippen molar-refractivity contribution in [1.29, 1.82) is 0 Å². The van der Waals surface area contributed by atoms with Crippen molar-refractivity contribution >= 4 is 5.78 Å². The Morgan fingerprint density at radius 1 is 1.29 bits per heavy atom. The summed E-state index contributed by atoms with van der Waals surface area (Å²) in [6, 6.07) is 8.00. The lowest BCUT2D eigenvalue weighted by atomic mass is 9.98. The van der Waals surface area contributed by atoms with Crippen LogP contribution in [0, 0.1) is 20.4 Å². The van der Waals surface area contributed by atoms with E-state index in [0.717, 1.165) is 16.7 Å². The van der Waals surface area contributed by atoms with Gasteiger partial charge in [-0.3, -0.25) is 4.79 Å². The lowest BCUT2D eigenvalue weighted by Crippen LogP contribution is -2.46. The second-order valence-corrected chi connectivity index (χ2v) is 5.22. The van der Waals surface area contributed by atoms with Gasteiger partial charge in [0.25, 0.3) is 0 Å². The SMILES string of the molecule is [C-]#[N+]CCn1ccc[n+]1CC(=O)Cc1c(C)cccc1C. The Balaban J connectivity index is 2.06. The molecule has 21 heavy (non-hydrogen) atoms. The van der Waals surface area contributed by atoms with Gasteiger partial charge < -0.3 is 4.85 Å². The number of hydrogen-bond donors (Lipinski definition) is 0. The van der Waals surface area contributed by atoms with E-state index in [9.17, 15) is 4.79 Å². The average molecular weight is 282 g/mol. The van der Waals surface area contributed by atoms with Gasteiger partial charge in [-0.25, -0.2) is 6.57 Å². The Bertz CT molecular complexity index is 659. The molecule has 0 aliphatic rings. The normalized spacial score (nSPS) is 10.3. The molecule has 1 aromatic heterocycles. The minimum Gasteiger partial charge on any atom is -0.315 e. The highest BCUT2D eigenvalue weighted by Crippen LogP contribution is 2.14. The van der Waals surface area contributed by atoms with Gasteiger partial charge in [0, 0.05) is 12.5 Å². The number of rotatable bonds is 6. The molecule has 4 nitrogen and oxygen atoms in total. The van der Waals surface area contributed by atoms with E-state index >= 15 is 0 Å². The first-order chi connectivity index (χ1) is 10.1. The zero-order valence-electron chi connectivity index (χ0n) is 12.5. The summed E-state index contributed by atoms with van der Waals surface area (Å²) in [5.74, 6) is 0.181. The van der Waals surface area contributed by atoms with Gasteiger partial charge in [-0.2, -0.15) is 4.68 Å². The maximum Gasteiger partial charge on any atom is 0.237 e. The van der Waals surface area contributed by atoms with Gasteiger partial charge in [-0.1, -0.05) is 18.2 Å². The molecule has 0 amide bonds. The van der Waals surface area contributed by atoms with Crippen molar-refractivity contribution in [2.24, 2.45) is 0 Å². The standard InChI is InChI=1S/C17H20N3O/c1-14-6-4-7-15(2)17(14)12-16(21)13-20-10-5-9-19(20)11-8-18-3/h4-7,9-10H,8,11-13H2,1-2H3/q+1. The zero-order chi connectivity index (χ0) is 15.2. The van der Waals surface area contributed by atoms with Gasteiger partial charge in [0.05, 0.1) is 6.20 Å². The highest BCUT2D eigenvalue weighted by molar-refractivity contribution is 5.80. The van der Waals surface area contributed by atoms with E-state index in [1.807, 2.05) is 59.9 Å². The van der Waals surface area contributed by atoms with E-state index in [-0.39, 0.29) is 5.78 Å². The molecule has 0 unspecified atom stereocenters. The fourth-order valence-electron chi connectivity index (χ4n) is 2.47. The number of aromatic nitrogens is 2. The van der Waals surface area contributed by atoms with Crippen LogP contribution in [0.25, 0.3) is 4.85 Å². The molecule has 0 fully saturated rings. The van der Waals surface area contributed by atoms with Crippen LogP contribution in [0.4, 0.5) is 0 Å². The minimum absolute atomic E-state index is 0.181. The van der Waals surface area contributed by atoms with Crippen LogP contribution < -0.4 is 4.68 Å². The van der Waals surface area contributed by atoms with E-state index in [0.29, 0.717) is 26.1 Å². The summed E-state index contributed by atoms with van der Waals surface area (Å²) in [4.78, 5) is 15.7. The third kappa shape index (κ3) is 3.79. The van der Waals surface area contributed by atoms with Crippen molar-refractivity contribution in [1.82, 2.24) is 4.68 Å². The Kier molecular flexibility index (Phi) is 4.89. The van der Waals surface area contributed by atoms with Crippen molar-refractivity contribution in [3.63, 3.8) is 0 Å². The summed E-state index contributed by atoms with van der Waals surface area (Å²) in [6.07, 6.45) is 4.24.